The lowest BCUT2D eigenvalue weighted by Gasteiger charge is -2.32. The summed E-state index contributed by atoms with van der Waals surface area (Å²) in [5, 5.41) is 3.50. The average molecular weight is 278 g/mol. The Hall–Kier alpha value is -0.930. The highest BCUT2D eigenvalue weighted by Gasteiger charge is 2.40. The van der Waals surface area contributed by atoms with E-state index < -0.39 is 0 Å². The zero-order chi connectivity index (χ0) is 14.8. The first kappa shape index (κ1) is 15.5. The van der Waals surface area contributed by atoms with Crippen molar-refractivity contribution >= 4 is 0 Å². The van der Waals surface area contributed by atoms with Crippen molar-refractivity contribution in [2.75, 3.05) is 20.6 Å². The molecule has 20 heavy (non-hydrogen) atoms. The van der Waals surface area contributed by atoms with Gasteiger partial charge >= 0.3 is 0 Å². The largest absolute Gasteiger partial charge is 0.316 e. The van der Waals surface area contributed by atoms with E-state index in [1.165, 1.54) is 18.9 Å². The van der Waals surface area contributed by atoms with Gasteiger partial charge in [0.25, 0.3) is 0 Å². The van der Waals surface area contributed by atoms with Crippen LogP contribution in [-0.4, -0.2) is 31.6 Å². The average Bonchev–Trinajstić information content (AvgIpc) is 2.63. The molecule has 0 aromatic heterocycles. The van der Waals surface area contributed by atoms with E-state index in [0.29, 0.717) is 17.4 Å². The van der Waals surface area contributed by atoms with E-state index >= 15 is 0 Å². The molecule has 3 heteroatoms. The fourth-order valence-electron chi connectivity index (χ4n) is 3.75. The smallest absolute Gasteiger partial charge is 0.123 e. The highest BCUT2D eigenvalue weighted by molar-refractivity contribution is 5.16. The van der Waals surface area contributed by atoms with E-state index in [9.17, 15) is 4.39 Å². The van der Waals surface area contributed by atoms with Gasteiger partial charge in [-0.1, -0.05) is 26.0 Å². The summed E-state index contributed by atoms with van der Waals surface area (Å²) in [7, 11) is 4.19. The van der Waals surface area contributed by atoms with Crippen molar-refractivity contribution < 1.29 is 4.39 Å². The van der Waals surface area contributed by atoms with Crippen LogP contribution in [0.1, 0.15) is 32.3 Å². The number of rotatable bonds is 5. The molecule has 0 aliphatic heterocycles. The van der Waals surface area contributed by atoms with Gasteiger partial charge in [-0.05, 0) is 56.0 Å². The Morgan fingerprint density at radius 3 is 2.80 bits per heavy atom. The summed E-state index contributed by atoms with van der Waals surface area (Å²) in [5.41, 5.74) is 1.42. The molecule has 0 radical (unpaired) electrons. The Kier molecular flexibility index (Phi) is 4.82. The number of halogens is 1. The van der Waals surface area contributed by atoms with Gasteiger partial charge in [-0.2, -0.15) is 0 Å². The summed E-state index contributed by atoms with van der Waals surface area (Å²) < 4.78 is 13.2. The summed E-state index contributed by atoms with van der Waals surface area (Å²) in [6, 6.07) is 7.48. The summed E-state index contributed by atoms with van der Waals surface area (Å²) >= 11 is 0. The predicted molar refractivity (Wildman–Crippen MR) is 82.1 cm³/mol. The topological polar surface area (TPSA) is 15.3 Å². The van der Waals surface area contributed by atoms with Crippen LogP contribution in [0.3, 0.4) is 0 Å². The van der Waals surface area contributed by atoms with Gasteiger partial charge in [0, 0.05) is 19.1 Å². The summed E-state index contributed by atoms with van der Waals surface area (Å²) in [4.78, 5) is 2.31. The fourth-order valence-corrected chi connectivity index (χ4v) is 3.75. The van der Waals surface area contributed by atoms with Crippen LogP contribution >= 0.6 is 0 Å². The van der Waals surface area contributed by atoms with Crippen LogP contribution in [0.5, 0.6) is 0 Å². The summed E-state index contributed by atoms with van der Waals surface area (Å²) in [5.74, 6) is 0.527. The maximum Gasteiger partial charge on any atom is 0.123 e. The summed E-state index contributed by atoms with van der Waals surface area (Å²) in [6.45, 7) is 6.57. The van der Waals surface area contributed by atoms with Gasteiger partial charge in [-0.3, -0.25) is 0 Å². The molecular weight excluding hydrogens is 251 g/mol. The monoisotopic (exact) mass is 278 g/mol. The lowest BCUT2D eigenvalue weighted by Crippen LogP contribution is -2.43. The van der Waals surface area contributed by atoms with Crippen LogP contribution in [0.4, 0.5) is 4.39 Å². The molecule has 0 amide bonds. The van der Waals surface area contributed by atoms with Crippen molar-refractivity contribution in [1.29, 1.82) is 0 Å². The minimum atomic E-state index is -0.147. The first-order valence-electron chi connectivity index (χ1n) is 7.52. The second kappa shape index (κ2) is 6.23. The van der Waals surface area contributed by atoms with E-state index in [1.807, 2.05) is 6.07 Å². The first-order valence-corrected chi connectivity index (χ1v) is 7.52. The maximum absolute atomic E-state index is 13.2. The first-order chi connectivity index (χ1) is 9.42. The van der Waals surface area contributed by atoms with Gasteiger partial charge in [0.1, 0.15) is 5.82 Å². The molecule has 2 rings (SSSR count). The van der Waals surface area contributed by atoms with Gasteiger partial charge in [0.15, 0.2) is 0 Å². The molecule has 2 unspecified atom stereocenters. The lowest BCUT2D eigenvalue weighted by molar-refractivity contribution is 0.207. The molecule has 1 aromatic carbocycles. The molecule has 2 nitrogen and oxygen atoms in total. The van der Waals surface area contributed by atoms with Crippen LogP contribution in [0.15, 0.2) is 24.3 Å². The second-order valence-electron chi connectivity index (χ2n) is 6.88. The van der Waals surface area contributed by atoms with E-state index in [2.05, 4.69) is 38.2 Å². The highest BCUT2D eigenvalue weighted by atomic mass is 19.1. The van der Waals surface area contributed by atoms with Crippen molar-refractivity contribution in [2.24, 2.45) is 11.3 Å². The van der Waals surface area contributed by atoms with Gasteiger partial charge in [-0.15, -0.1) is 0 Å². The van der Waals surface area contributed by atoms with Gasteiger partial charge in [0.2, 0.25) is 0 Å². The molecule has 1 saturated carbocycles. The molecular formula is C17H27FN2. The van der Waals surface area contributed by atoms with Crippen molar-refractivity contribution in [3.05, 3.63) is 35.6 Å². The molecule has 0 saturated heterocycles. The number of benzene rings is 1. The number of hydrogen-bond donors (Lipinski definition) is 1. The number of hydrogen-bond acceptors (Lipinski definition) is 2. The third-order valence-corrected chi connectivity index (χ3v) is 4.67. The van der Waals surface area contributed by atoms with E-state index in [-0.39, 0.29) is 5.82 Å². The summed E-state index contributed by atoms with van der Waals surface area (Å²) in [6.07, 6.45) is 2.54. The minimum absolute atomic E-state index is 0.147. The van der Waals surface area contributed by atoms with Crippen molar-refractivity contribution in [1.82, 2.24) is 10.2 Å². The predicted octanol–water partition coefficient (Wildman–Crippen LogP) is 3.28. The molecule has 1 N–H and O–H groups in total. The van der Waals surface area contributed by atoms with Crippen molar-refractivity contribution in [3.63, 3.8) is 0 Å². The van der Waals surface area contributed by atoms with Crippen LogP contribution in [-0.2, 0) is 6.54 Å². The molecule has 1 aromatic rings. The lowest BCUT2D eigenvalue weighted by atomic mass is 9.85. The van der Waals surface area contributed by atoms with E-state index in [0.717, 1.165) is 18.7 Å². The SMILES string of the molecule is CNC1C(CN(C)Cc2cccc(F)c2)CCC1(C)C. The Bertz CT molecular complexity index is 444. The molecule has 2 atom stereocenters. The molecule has 1 aliphatic carbocycles. The molecule has 1 aliphatic rings. The fraction of sp³-hybridized carbons (Fsp3) is 0.647. The number of nitrogens with zero attached hydrogens (tertiary/aromatic N) is 1. The standard InChI is InChI=1S/C17H27FN2/c1-17(2)9-8-14(16(17)19-3)12-20(4)11-13-6-5-7-15(18)10-13/h5-7,10,14,16,19H,8-9,11-12H2,1-4H3. The van der Waals surface area contributed by atoms with E-state index in [4.69, 9.17) is 0 Å². The van der Waals surface area contributed by atoms with Crippen LogP contribution < -0.4 is 5.32 Å². The Morgan fingerprint density at radius 1 is 1.40 bits per heavy atom. The zero-order valence-corrected chi connectivity index (χ0v) is 13.1. The van der Waals surface area contributed by atoms with Crippen LogP contribution in [0.25, 0.3) is 0 Å². The quantitative estimate of drug-likeness (QED) is 0.889. The normalized spacial score (nSPS) is 25.3. The Labute approximate surface area is 122 Å². The van der Waals surface area contributed by atoms with E-state index in [1.54, 1.807) is 12.1 Å². The minimum Gasteiger partial charge on any atom is -0.316 e. The third-order valence-electron chi connectivity index (χ3n) is 4.67. The van der Waals surface area contributed by atoms with Crippen LogP contribution in [0, 0.1) is 17.2 Å². The molecule has 0 spiro atoms. The van der Waals surface area contributed by atoms with Gasteiger partial charge < -0.3 is 10.2 Å². The highest BCUT2D eigenvalue weighted by Crippen LogP contribution is 2.41. The molecule has 1 fully saturated rings. The second-order valence-corrected chi connectivity index (χ2v) is 6.88. The van der Waals surface area contributed by atoms with Gasteiger partial charge in [-0.25, -0.2) is 4.39 Å². The number of nitrogens with one attached hydrogen (secondary N) is 1. The Morgan fingerprint density at radius 2 is 2.15 bits per heavy atom. The van der Waals surface area contributed by atoms with Crippen molar-refractivity contribution in [3.8, 4) is 0 Å². The van der Waals surface area contributed by atoms with Crippen LogP contribution in [0.2, 0.25) is 0 Å². The van der Waals surface area contributed by atoms with Gasteiger partial charge in [0.05, 0.1) is 0 Å². The molecule has 0 bridgehead atoms. The molecule has 0 heterocycles. The zero-order valence-electron chi connectivity index (χ0n) is 13.1. The maximum atomic E-state index is 13.2. The molecule has 112 valence electrons. The Balaban J connectivity index is 1.93. The third kappa shape index (κ3) is 3.58. The van der Waals surface area contributed by atoms with Crippen molar-refractivity contribution in [2.45, 2.75) is 39.3 Å².